The van der Waals surface area contributed by atoms with E-state index in [1.807, 2.05) is 6.07 Å². The fourth-order valence-electron chi connectivity index (χ4n) is 2.73. The van der Waals surface area contributed by atoms with Crippen LogP contribution in [-0.2, 0) is 13.0 Å². The zero-order valence-corrected chi connectivity index (χ0v) is 10.2. The topological polar surface area (TPSA) is 29.1 Å². The molecule has 0 saturated heterocycles. The summed E-state index contributed by atoms with van der Waals surface area (Å²) in [5.74, 6) is 1.000. The summed E-state index contributed by atoms with van der Waals surface area (Å²) in [6.07, 6.45) is 5.65. The number of ketones is 1. The first-order chi connectivity index (χ1) is 8.33. The van der Waals surface area contributed by atoms with Gasteiger partial charge in [0.05, 0.1) is 0 Å². The highest BCUT2D eigenvalue weighted by Crippen LogP contribution is 2.30. The number of hydrogen-bond acceptors (Lipinski definition) is 2. The number of Topliss-reactive ketones (excluding diaryl/α,β-unsaturated/α-hetero) is 1. The summed E-state index contributed by atoms with van der Waals surface area (Å²) in [4.78, 5) is 12.1. The lowest BCUT2D eigenvalue weighted by atomic mass is 9.80. The van der Waals surface area contributed by atoms with Gasteiger partial charge in [-0.1, -0.05) is 31.4 Å². The van der Waals surface area contributed by atoms with E-state index in [0.717, 1.165) is 31.5 Å². The minimum atomic E-state index is 0.336. The lowest BCUT2D eigenvalue weighted by molar-refractivity contribution is 0.0936. The van der Waals surface area contributed by atoms with Crippen LogP contribution in [0.4, 0.5) is 0 Å². The number of nitrogens with one attached hydrogen (secondary N) is 1. The van der Waals surface area contributed by atoms with Gasteiger partial charge in [-0.05, 0) is 36.1 Å². The van der Waals surface area contributed by atoms with Crippen molar-refractivity contribution in [2.75, 3.05) is 6.54 Å². The van der Waals surface area contributed by atoms with Crippen molar-refractivity contribution in [1.29, 1.82) is 0 Å². The average Bonchev–Trinajstić information content (AvgIpc) is 2.33. The van der Waals surface area contributed by atoms with E-state index in [1.165, 1.54) is 30.4 Å². The van der Waals surface area contributed by atoms with Crippen LogP contribution in [0.1, 0.15) is 47.2 Å². The standard InChI is InChI=1S/C15H19NO/c17-15(8-11-2-1-3-11)13-5-4-12-6-7-16-10-14(12)9-13/h4-5,9,11,16H,1-3,6-8,10H2. The summed E-state index contributed by atoms with van der Waals surface area (Å²) in [6.45, 7) is 1.97. The van der Waals surface area contributed by atoms with Crippen LogP contribution in [0.25, 0.3) is 0 Å². The van der Waals surface area contributed by atoms with E-state index in [-0.39, 0.29) is 0 Å². The number of carbonyl (C=O) groups is 1. The van der Waals surface area contributed by atoms with Gasteiger partial charge in [-0.15, -0.1) is 0 Å². The van der Waals surface area contributed by atoms with Crippen LogP contribution >= 0.6 is 0 Å². The first-order valence-electron chi connectivity index (χ1n) is 6.68. The van der Waals surface area contributed by atoms with E-state index in [0.29, 0.717) is 11.7 Å². The normalized spacial score (nSPS) is 19.5. The Balaban J connectivity index is 1.75. The van der Waals surface area contributed by atoms with Crippen molar-refractivity contribution >= 4 is 5.78 Å². The van der Waals surface area contributed by atoms with Gasteiger partial charge in [-0.3, -0.25) is 4.79 Å². The molecular formula is C15H19NO. The quantitative estimate of drug-likeness (QED) is 0.807. The minimum Gasteiger partial charge on any atom is -0.312 e. The summed E-state index contributed by atoms with van der Waals surface area (Å²) < 4.78 is 0. The van der Waals surface area contributed by atoms with Crippen LogP contribution in [-0.4, -0.2) is 12.3 Å². The number of carbonyl (C=O) groups excluding carboxylic acids is 1. The van der Waals surface area contributed by atoms with Crippen LogP contribution in [0, 0.1) is 5.92 Å². The molecule has 1 aromatic carbocycles. The highest BCUT2D eigenvalue weighted by Gasteiger charge is 2.21. The summed E-state index contributed by atoms with van der Waals surface area (Å²) in [6, 6.07) is 6.26. The Bertz CT molecular complexity index is 435. The lowest BCUT2D eigenvalue weighted by Gasteiger charge is -2.24. The monoisotopic (exact) mass is 229 g/mol. The minimum absolute atomic E-state index is 0.336. The average molecular weight is 229 g/mol. The van der Waals surface area contributed by atoms with Crippen LogP contribution in [0.5, 0.6) is 0 Å². The highest BCUT2D eigenvalue weighted by molar-refractivity contribution is 5.96. The Hall–Kier alpha value is -1.15. The van der Waals surface area contributed by atoms with Crippen molar-refractivity contribution in [3.8, 4) is 0 Å². The van der Waals surface area contributed by atoms with E-state index in [9.17, 15) is 4.79 Å². The molecule has 0 atom stereocenters. The maximum Gasteiger partial charge on any atom is 0.163 e. The van der Waals surface area contributed by atoms with Crippen LogP contribution < -0.4 is 5.32 Å². The number of benzene rings is 1. The third-order valence-corrected chi connectivity index (χ3v) is 4.11. The first kappa shape index (κ1) is 11.0. The van der Waals surface area contributed by atoms with Gasteiger partial charge in [0.15, 0.2) is 5.78 Å². The van der Waals surface area contributed by atoms with Gasteiger partial charge < -0.3 is 5.32 Å². The molecule has 17 heavy (non-hydrogen) atoms. The summed E-state index contributed by atoms with van der Waals surface area (Å²) in [5, 5.41) is 3.36. The molecule has 3 rings (SSSR count). The van der Waals surface area contributed by atoms with Gasteiger partial charge in [0.1, 0.15) is 0 Å². The first-order valence-corrected chi connectivity index (χ1v) is 6.68. The van der Waals surface area contributed by atoms with Gasteiger partial charge >= 0.3 is 0 Å². The zero-order chi connectivity index (χ0) is 11.7. The lowest BCUT2D eigenvalue weighted by Crippen LogP contribution is -2.24. The SMILES string of the molecule is O=C(CC1CCC1)c1ccc2c(c1)CNCC2. The molecule has 1 aromatic rings. The molecule has 2 aliphatic rings. The van der Waals surface area contributed by atoms with Crippen LogP contribution in [0.3, 0.4) is 0 Å². The zero-order valence-electron chi connectivity index (χ0n) is 10.2. The smallest absolute Gasteiger partial charge is 0.163 e. The second kappa shape index (κ2) is 4.61. The van der Waals surface area contributed by atoms with E-state index in [2.05, 4.69) is 17.4 Å². The largest absolute Gasteiger partial charge is 0.312 e. The Kier molecular flexibility index (Phi) is 2.98. The van der Waals surface area contributed by atoms with Gasteiger partial charge in [-0.25, -0.2) is 0 Å². The molecule has 1 N–H and O–H groups in total. The van der Waals surface area contributed by atoms with E-state index in [4.69, 9.17) is 0 Å². The van der Waals surface area contributed by atoms with Crippen molar-refractivity contribution in [2.45, 2.75) is 38.6 Å². The second-order valence-electron chi connectivity index (χ2n) is 5.33. The van der Waals surface area contributed by atoms with Crippen molar-refractivity contribution in [2.24, 2.45) is 5.92 Å². The van der Waals surface area contributed by atoms with Crippen molar-refractivity contribution in [3.63, 3.8) is 0 Å². The predicted molar refractivity (Wildman–Crippen MR) is 68.1 cm³/mol. The molecule has 0 amide bonds. The van der Waals surface area contributed by atoms with E-state index < -0.39 is 0 Å². The Labute approximate surface area is 102 Å². The molecule has 1 aliphatic heterocycles. The van der Waals surface area contributed by atoms with Crippen molar-refractivity contribution in [3.05, 3.63) is 34.9 Å². The molecule has 0 spiro atoms. The van der Waals surface area contributed by atoms with Crippen LogP contribution in [0.15, 0.2) is 18.2 Å². The van der Waals surface area contributed by atoms with E-state index in [1.54, 1.807) is 0 Å². The molecule has 1 aliphatic carbocycles. The molecule has 90 valence electrons. The number of hydrogen-bond donors (Lipinski definition) is 1. The fraction of sp³-hybridized carbons (Fsp3) is 0.533. The number of fused-ring (bicyclic) bond motifs is 1. The molecule has 1 saturated carbocycles. The van der Waals surface area contributed by atoms with Crippen molar-refractivity contribution in [1.82, 2.24) is 5.32 Å². The third kappa shape index (κ3) is 2.27. The molecule has 2 heteroatoms. The molecular weight excluding hydrogens is 210 g/mol. The fourth-order valence-corrected chi connectivity index (χ4v) is 2.73. The Morgan fingerprint density at radius 3 is 2.94 bits per heavy atom. The number of rotatable bonds is 3. The Morgan fingerprint density at radius 2 is 2.18 bits per heavy atom. The molecule has 0 aromatic heterocycles. The molecule has 0 unspecified atom stereocenters. The molecule has 2 nitrogen and oxygen atoms in total. The van der Waals surface area contributed by atoms with Gasteiger partial charge in [0.2, 0.25) is 0 Å². The summed E-state index contributed by atoms with van der Waals surface area (Å²) in [7, 11) is 0. The van der Waals surface area contributed by atoms with Crippen LogP contribution in [0.2, 0.25) is 0 Å². The summed E-state index contributed by atoms with van der Waals surface area (Å²) in [5.41, 5.74) is 3.64. The third-order valence-electron chi connectivity index (χ3n) is 4.11. The Morgan fingerprint density at radius 1 is 1.29 bits per heavy atom. The van der Waals surface area contributed by atoms with Gasteiger partial charge in [0, 0.05) is 18.5 Å². The maximum atomic E-state index is 12.1. The van der Waals surface area contributed by atoms with Gasteiger partial charge in [-0.2, -0.15) is 0 Å². The predicted octanol–water partition coefficient (Wildman–Crippen LogP) is 2.71. The second-order valence-corrected chi connectivity index (χ2v) is 5.33. The molecule has 0 bridgehead atoms. The molecule has 0 radical (unpaired) electrons. The van der Waals surface area contributed by atoms with Gasteiger partial charge in [0.25, 0.3) is 0 Å². The molecule has 1 fully saturated rings. The maximum absolute atomic E-state index is 12.1. The molecule has 1 heterocycles. The summed E-state index contributed by atoms with van der Waals surface area (Å²) >= 11 is 0. The highest BCUT2D eigenvalue weighted by atomic mass is 16.1. The van der Waals surface area contributed by atoms with E-state index >= 15 is 0 Å². The van der Waals surface area contributed by atoms with Crippen molar-refractivity contribution < 1.29 is 4.79 Å².